The number of nitrogens with zero attached hydrogens (tertiary/aromatic N) is 1. The average Bonchev–Trinajstić information content (AvgIpc) is 2.77. The number of carbonyl (C=O) groups excluding carboxylic acids is 1. The highest BCUT2D eigenvalue weighted by Gasteiger charge is 2.52. The maximum Gasteiger partial charge on any atom is 0.309 e. The van der Waals surface area contributed by atoms with E-state index in [1.807, 2.05) is 18.4 Å². The Labute approximate surface area is 109 Å². The SMILES string of the molecule is C[C@]12c3ccsc3CCN1C(=O)CC[C@@H]2C(=O)O. The lowest BCUT2D eigenvalue weighted by Gasteiger charge is -2.51. The highest BCUT2D eigenvalue weighted by Crippen LogP contribution is 2.47. The zero-order valence-electron chi connectivity index (χ0n) is 10.2. The van der Waals surface area contributed by atoms with Crippen molar-refractivity contribution in [2.45, 2.75) is 31.7 Å². The summed E-state index contributed by atoms with van der Waals surface area (Å²) in [5.74, 6) is -1.20. The average molecular weight is 265 g/mol. The molecular formula is C13H15NO3S. The lowest BCUT2D eigenvalue weighted by molar-refractivity contribution is -0.160. The molecule has 4 nitrogen and oxygen atoms in total. The number of thiophene rings is 1. The summed E-state index contributed by atoms with van der Waals surface area (Å²) in [6.45, 7) is 2.56. The van der Waals surface area contributed by atoms with Gasteiger partial charge in [-0.1, -0.05) is 0 Å². The van der Waals surface area contributed by atoms with E-state index < -0.39 is 17.4 Å². The minimum Gasteiger partial charge on any atom is -0.481 e. The Morgan fingerprint density at radius 3 is 3.06 bits per heavy atom. The monoisotopic (exact) mass is 265 g/mol. The molecule has 3 rings (SSSR count). The molecule has 2 aliphatic rings. The number of carbonyl (C=O) groups is 2. The van der Waals surface area contributed by atoms with E-state index in [4.69, 9.17) is 0 Å². The molecule has 0 aliphatic carbocycles. The third-order valence-electron chi connectivity index (χ3n) is 4.34. The van der Waals surface area contributed by atoms with Crippen LogP contribution in [0.15, 0.2) is 11.4 Å². The lowest BCUT2D eigenvalue weighted by atomic mass is 9.71. The molecule has 3 heterocycles. The Morgan fingerprint density at radius 1 is 1.56 bits per heavy atom. The second-order valence-corrected chi connectivity index (χ2v) is 6.13. The van der Waals surface area contributed by atoms with E-state index >= 15 is 0 Å². The highest BCUT2D eigenvalue weighted by atomic mass is 32.1. The Bertz CT molecular complexity index is 524. The summed E-state index contributed by atoms with van der Waals surface area (Å²) in [6, 6.07) is 1.99. The van der Waals surface area contributed by atoms with Crippen LogP contribution >= 0.6 is 11.3 Å². The summed E-state index contributed by atoms with van der Waals surface area (Å²) in [7, 11) is 0. The smallest absolute Gasteiger partial charge is 0.309 e. The second kappa shape index (κ2) is 3.82. The van der Waals surface area contributed by atoms with E-state index in [1.54, 1.807) is 16.2 Å². The van der Waals surface area contributed by atoms with Crippen LogP contribution in [-0.4, -0.2) is 28.4 Å². The summed E-state index contributed by atoms with van der Waals surface area (Å²) < 4.78 is 0. The minimum atomic E-state index is -0.797. The number of fused-ring (bicyclic) bond motifs is 3. The summed E-state index contributed by atoms with van der Waals surface area (Å²) in [4.78, 5) is 26.6. The van der Waals surface area contributed by atoms with Crippen LogP contribution in [0.5, 0.6) is 0 Å². The van der Waals surface area contributed by atoms with Gasteiger partial charge in [0.25, 0.3) is 0 Å². The number of rotatable bonds is 1. The van der Waals surface area contributed by atoms with Gasteiger partial charge in [0.1, 0.15) is 0 Å². The fraction of sp³-hybridized carbons (Fsp3) is 0.538. The third kappa shape index (κ3) is 1.37. The van der Waals surface area contributed by atoms with Crippen LogP contribution in [0.1, 0.15) is 30.2 Å². The molecule has 1 aromatic heterocycles. The Balaban J connectivity index is 2.16. The number of carboxylic acid groups (broad SMARTS) is 1. The molecule has 0 radical (unpaired) electrons. The van der Waals surface area contributed by atoms with E-state index in [9.17, 15) is 14.7 Å². The maximum atomic E-state index is 12.1. The van der Waals surface area contributed by atoms with Crippen molar-refractivity contribution in [3.63, 3.8) is 0 Å². The molecule has 96 valence electrons. The van der Waals surface area contributed by atoms with Crippen molar-refractivity contribution in [3.05, 3.63) is 21.9 Å². The van der Waals surface area contributed by atoms with Crippen molar-refractivity contribution >= 4 is 23.2 Å². The van der Waals surface area contributed by atoms with Crippen molar-refractivity contribution in [3.8, 4) is 0 Å². The lowest BCUT2D eigenvalue weighted by Crippen LogP contribution is -2.59. The van der Waals surface area contributed by atoms with E-state index in [0.29, 0.717) is 19.4 Å². The number of hydrogen-bond donors (Lipinski definition) is 1. The maximum absolute atomic E-state index is 12.1. The molecule has 1 fully saturated rings. The molecule has 1 saturated heterocycles. The van der Waals surface area contributed by atoms with Gasteiger partial charge in [-0.05, 0) is 36.8 Å². The molecule has 0 aromatic carbocycles. The van der Waals surface area contributed by atoms with Crippen LogP contribution in [0.4, 0.5) is 0 Å². The predicted molar refractivity (Wildman–Crippen MR) is 67.4 cm³/mol. The molecule has 0 saturated carbocycles. The first-order valence-corrected chi connectivity index (χ1v) is 7.03. The first kappa shape index (κ1) is 11.7. The van der Waals surface area contributed by atoms with Crippen molar-refractivity contribution in [1.82, 2.24) is 4.90 Å². The van der Waals surface area contributed by atoms with Crippen molar-refractivity contribution in [2.75, 3.05) is 6.54 Å². The summed E-state index contributed by atoms with van der Waals surface area (Å²) >= 11 is 1.66. The molecule has 1 aromatic rings. The van der Waals surface area contributed by atoms with Gasteiger partial charge in [-0.25, -0.2) is 0 Å². The molecule has 0 bridgehead atoms. The zero-order chi connectivity index (χ0) is 12.9. The molecule has 1 N–H and O–H groups in total. The van der Waals surface area contributed by atoms with Gasteiger partial charge in [-0.15, -0.1) is 11.3 Å². The zero-order valence-corrected chi connectivity index (χ0v) is 11.0. The Kier molecular flexibility index (Phi) is 2.48. The molecule has 2 atom stereocenters. The van der Waals surface area contributed by atoms with Crippen LogP contribution in [0.25, 0.3) is 0 Å². The van der Waals surface area contributed by atoms with Gasteiger partial charge in [0.15, 0.2) is 0 Å². The summed E-state index contributed by atoms with van der Waals surface area (Å²) in [5.41, 5.74) is 0.383. The van der Waals surface area contributed by atoms with Crippen molar-refractivity contribution in [2.24, 2.45) is 5.92 Å². The van der Waals surface area contributed by atoms with Crippen LogP contribution in [0.3, 0.4) is 0 Å². The molecule has 0 spiro atoms. The van der Waals surface area contributed by atoms with Crippen LogP contribution in [-0.2, 0) is 21.5 Å². The molecular weight excluding hydrogens is 250 g/mol. The summed E-state index contributed by atoms with van der Waals surface area (Å²) in [6.07, 6.45) is 1.64. The van der Waals surface area contributed by atoms with Gasteiger partial charge >= 0.3 is 5.97 Å². The second-order valence-electron chi connectivity index (χ2n) is 5.13. The largest absolute Gasteiger partial charge is 0.481 e. The molecule has 2 aliphatic heterocycles. The number of piperidine rings is 1. The van der Waals surface area contributed by atoms with Crippen LogP contribution in [0, 0.1) is 5.92 Å². The number of aliphatic carboxylic acids is 1. The predicted octanol–water partition coefficient (Wildman–Crippen LogP) is 1.84. The van der Waals surface area contributed by atoms with E-state index in [-0.39, 0.29) is 5.91 Å². The van der Waals surface area contributed by atoms with Gasteiger partial charge in [0.2, 0.25) is 5.91 Å². The first-order valence-electron chi connectivity index (χ1n) is 6.15. The van der Waals surface area contributed by atoms with Crippen molar-refractivity contribution < 1.29 is 14.7 Å². The van der Waals surface area contributed by atoms with Gasteiger partial charge < -0.3 is 10.0 Å². The third-order valence-corrected chi connectivity index (χ3v) is 5.32. The quantitative estimate of drug-likeness (QED) is 0.843. The highest BCUT2D eigenvalue weighted by molar-refractivity contribution is 7.10. The first-order chi connectivity index (χ1) is 8.55. The number of amides is 1. The molecule has 18 heavy (non-hydrogen) atoms. The van der Waals surface area contributed by atoms with Crippen molar-refractivity contribution in [1.29, 1.82) is 0 Å². The number of hydrogen-bond acceptors (Lipinski definition) is 3. The fourth-order valence-corrected chi connectivity index (χ4v) is 4.36. The van der Waals surface area contributed by atoms with E-state index in [0.717, 1.165) is 12.0 Å². The van der Waals surface area contributed by atoms with Crippen LogP contribution < -0.4 is 0 Å². The van der Waals surface area contributed by atoms with Crippen LogP contribution in [0.2, 0.25) is 0 Å². The minimum absolute atomic E-state index is 0.0897. The van der Waals surface area contributed by atoms with E-state index in [2.05, 4.69) is 0 Å². The molecule has 0 unspecified atom stereocenters. The standard InChI is InChI=1S/C13H15NO3S/c1-13-8-5-7-18-10(8)4-6-14(13)11(15)3-2-9(13)12(16)17/h5,7,9H,2-4,6H2,1H3,(H,16,17)/t9-,13-/m1/s1. The Hall–Kier alpha value is -1.36. The molecule has 5 heteroatoms. The fourth-order valence-electron chi connectivity index (χ4n) is 3.38. The van der Waals surface area contributed by atoms with Gasteiger partial charge in [-0.3, -0.25) is 9.59 Å². The number of carboxylic acids is 1. The topological polar surface area (TPSA) is 57.6 Å². The summed E-state index contributed by atoms with van der Waals surface area (Å²) in [5, 5.41) is 11.5. The van der Waals surface area contributed by atoms with E-state index in [1.165, 1.54) is 4.88 Å². The van der Waals surface area contributed by atoms with Gasteiger partial charge in [0, 0.05) is 17.8 Å². The molecule has 1 amide bonds. The van der Waals surface area contributed by atoms with Gasteiger partial charge in [-0.2, -0.15) is 0 Å². The Morgan fingerprint density at radius 2 is 2.33 bits per heavy atom. The van der Waals surface area contributed by atoms with Gasteiger partial charge in [0.05, 0.1) is 11.5 Å². The normalized spacial score (nSPS) is 30.8.